The van der Waals surface area contributed by atoms with Gasteiger partial charge in [0.2, 0.25) is 0 Å². The third-order valence-electron chi connectivity index (χ3n) is 2.81. The van der Waals surface area contributed by atoms with Crippen molar-refractivity contribution in [2.75, 3.05) is 21.3 Å². The average Bonchev–Trinajstić information content (AvgIpc) is 2.71. The summed E-state index contributed by atoms with van der Waals surface area (Å²) in [7, 11) is 4.18. The van der Waals surface area contributed by atoms with E-state index in [-0.39, 0.29) is 11.5 Å². The summed E-state index contributed by atoms with van der Waals surface area (Å²) < 4.78 is 9.17. The van der Waals surface area contributed by atoms with Crippen molar-refractivity contribution in [2.45, 2.75) is 18.9 Å². The normalized spacial score (nSPS) is 21.8. The topological polar surface area (TPSA) is 79.6 Å². The number of carbonyl (C=O) groups is 2. The zero-order chi connectivity index (χ0) is 13.0. The molecule has 1 saturated heterocycles. The average molecular weight is 238 g/mol. The molecule has 0 saturated carbocycles. The van der Waals surface area contributed by atoms with Gasteiger partial charge >= 0.3 is 11.9 Å². The van der Waals surface area contributed by atoms with Crippen LogP contribution in [0.5, 0.6) is 0 Å². The molecule has 1 rings (SSSR count). The number of methoxy groups -OCH3 is 2. The summed E-state index contributed by atoms with van der Waals surface area (Å²) in [6.07, 6.45) is 1.01. The fraction of sp³-hybridized carbons (Fsp3) is 0.545. The third kappa shape index (κ3) is 2.38. The summed E-state index contributed by atoms with van der Waals surface area (Å²) in [6.45, 7) is 0. The zero-order valence-electron chi connectivity index (χ0n) is 10.0. The Morgan fingerprint density at radius 1 is 1.41 bits per heavy atom. The summed E-state index contributed by atoms with van der Waals surface area (Å²) in [5.74, 6) is -1.05. The van der Waals surface area contributed by atoms with Crippen LogP contribution in [0.4, 0.5) is 0 Å². The molecule has 1 unspecified atom stereocenters. The van der Waals surface area contributed by atoms with Crippen LogP contribution in [0.15, 0.2) is 11.3 Å². The Labute approximate surface area is 99.4 Å². The van der Waals surface area contributed by atoms with E-state index in [0.29, 0.717) is 18.5 Å². The van der Waals surface area contributed by atoms with Gasteiger partial charge < -0.3 is 14.4 Å². The Kier molecular flexibility index (Phi) is 4.10. The van der Waals surface area contributed by atoms with Crippen molar-refractivity contribution in [3.63, 3.8) is 0 Å². The predicted octanol–water partition coefficient (Wildman–Crippen LogP) is 0.204. The van der Waals surface area contributed by atoms with E-state index in [9.17, 15) is 9.59 Å². The molecule has 0 N–H and O–H groups in total. The van der Waals surface area contributed by atoms with Crippen LogP contribution in [0.1, 0.15) is 12.8 Å². The number of rotatable bonds is 2. The van der Waals surface area contributed by atoms with E-state index in [1.807, 2.05) is 6.07 Å². The quantitative estimate of drug-likeness (QED) is 0.388. The van der Waals surface area contributed by atoms with Crippen molar-refractivity contribution in [1.29, 1.82) is 5.26 Å². The monoisotopic (exact) mass is 238 g/mol. The number of allylic oxidation sites excluding steroid dienone is 1. The minimum atomic E-state index is -0.681. The van der Waals surface area contributed by atoms with E-state index in [1.54, 1.807) is 11.9 Å². The van der Waals surface area contributed by atoms with Gasteiger partial charge in [-0.3, -0.25) is 0 Å². The highest BCUT2D eigenvalue weighted by molar-refractivity contribution is 5.93. The molecule has 1 atom stereocenters. The molecule has 92 valence electrons. The lowest BCUT2D eigenvalue weighted by Crippen LogP contribution is -2.33. The highest BCUT2D eigenvalue weighted by Crippen LogP contribution is 2.29. The van der Waals surface area contributed by atoms with E-state index in [1.165, 1.54) is 14.2 Å². The highest BCUT2D eigenvalue weighted by atomic mass is 16.5. The number of ether oxygens (including phenoxy) is 2. The van der Waals surface area contributed by atoms with Crippen LogP contribution in [0.25, 0.3) is 0 Å². The van der Waals surface area contributed by atoms with E-state index >= 15 is 0 Å². The van der Waals surface area contributed by atoms with Crippen molar-refractivity contribution >= 4 is 11.9 Å². The minimum absolute atomic E-state index is 0.0543. The Balaban J connectivity index is 3.03. The Hall–Kier alpha value is -2.03. The molecule has 1 aliphatic rings. The molecule has 6 heteroatoms. The molecular weight excluding hydrogens is 224 g/mol. The van der Waals surface area contributed by atoms with Crippen molar-refractivity contribution in [3.05, 3.63) is 11.3 Å². The van der Waals surface area contributed by atoms with Crippen LogP contribution in [0.3, 0.4) is 0 Å². The van der Waals surface area contributed by atoms with Gasteiger partial charge in [0.15, 0.2) is 5.57 Å². The first-order valence-electron chi connectivity index (χ1n) is 5.09. The number of hydrogen-bond donors (Lipinski definition) is 0. The molecule has 1 heterocycles. The molecular formula is C11H14N2O4. The molecule has 6 nitrogen and oxygen atoms in total. The maximum Gasteiger partial charge on any atom is 0.350 e. The number of likely N-dealkylation sites (N-methyl/N-ethyl adjacent to an activating group) is 1. The fourth-order valence-corrected chi connectivity index (χ4v) is 1.87. The lowest BCUT2D eigenvalue weighted by Gasteiger charge is -2.21. The molecule has 1 aliphatic heterocycles. The van der Waals surface area contributed by atoms with Gasteiger partial charge in [-0.25, -0.2) is 9.59 Å². The van der Waals surface area contributed by atoms with Crippen LogP contribution >= 0.6 is 0 Å². The minimum Gasteiger partial charge on any atom is -0.467 e. The molecule has 0 aliphatic carbocycles. The van der Waals surface area contributed by atoms with Gasteiger partial charge in [0.05, 0.1) is 14.2 Å². The second kappa shape index (κ2) is 5.34. The molecule has 0 aromatic heterocycles. The lowest BCUT2D eigenvalue weighted by atomic mass is 10.1. The molecule has 17 heavy (non-hydrogen) atoms. The maximum atomic E-state index is 11.4. The Bertz CT molecular complexity index is 408. The third-order valence-corrected chi connectivity index (χ3v) is 2.81. The van der Waals surface area contributed by atoms with Crippen LogP contribution in [-0.2, 0) is 19.1 Å². The van der Waals surface area contributed by atoms with E-state index < -0.39 is 12.0 Å². The first-order chi connectivity index (χ1) is 8.06. The summed E-state index contributed by atoms with van der Waals surface area (Å²) in [5.41, 5.74) is 0.469. The Morgan fingerprint density at radius 3 is 2.53 bits per heavy atom. The second-order valence-electron chi connectivity index (χ2n) is 3.61. The van der Waals surface area contributed by atoms with Gasteiger partial charge in [-0.2, -0.15) is 5.26 Å². The number of hydrogen-bond acceptors (Lipinski definition) is 6. The number of carbonyl (C=O) groups excluding carboxylic acids is 2. The van der Waals surface area contributed by atoms with Gasteiger partial charge in [0.1, 0.15) is 12.1 Å². The molecule has 1 fully saturated rings. The number of nitrogens with zero attached hydrogens (tertiary/aromatic N) is 2. The largest absolute Gasteiger partial charge is 0.467 e. The summed E-state index contributed by atoms with van der Waals surface area (Å²) in [5, 5.41) is 8.94. The smallest absolute Gasteiger partial charge is 0.350 e. The van der Waals surface area contributed by atoms with E-state index in [2.05, 4.69) is 9.47 Å². The zero-order valence-corrected chi connectivity index (χ0v) is 10.0. The van der Waals surface area contributed by atoms with Crippen LogP contribution < -0.4 is 0 Å². The van der Waals surface area contributed by atoms with Crippen LogP contribution in [0, 0.1) is 11.3 Å². The fourth-order valence-electron chi connectivity index (χ4n) is 1.87. The molecule has 0 aromatic rings. The lowest BCUT2D eigenvalue weighted by molar-refractivity contribution is -0.145. The number of likely N-dealkylation sites (tertiary alicyclic amines) is 1. The van der Waals surface area contributed by atoms with Gasteiger partial charge in [-0.1, -0.05) is 0 Å². The first kappa shape index (κ1) is 13.0. The summed E-state index contributed by atoms with van der Waals surface area (Å²) >= 11 is 0. The van der Waals surface area contributed by atoms with Gasteiger partial charge in [-0.05, 0) is 12.8 Å². The van der Waals surface area contributed by atoms with Crippen LogP contribution in [-0.4, -0.2) is 44.1 Å². The maximum absolute atomic E-state index is 11.4. The Morgan fingerprint density at radius 2 is 2.06 bits per heavy atom. The molecule has 0 bridgehead atoms. The van der Waals surface area contributed by atoms with Crippen molar-refractivity contribution < 1.29 is 19.1 Å². The molecule has 0 radical (unpaired) electrons. The van der Waals surface area contributed by atoms with Gasteiger partial charge in [0.25, 0.3) is 0 Å². The standard InChI is InChI=1S/C11H14N2O4/c1-13-8(7(6-12)10(14)16-2)4-5-9(13)11(15)17-3/h9H,4-5H2,1-3H3. The second-order valence-corrected chi connectivity index (χ2v) is 3.61. The SMILES string of the molecule is COC(=O)C(C#N)=C1CCC(C(=O)OC)N1C. The van der Waals surface area contributed by atoms with E-state index in [0.717, 1.165) is 0 Å². The summed E-state index contributed by atoms with van der Waals surface area (Å²) in [6, 6.07) is 1.37. The van der Waals surface area contributed by atoms with Crippen LogP contribution in [0.2, 0.25) is 0 Å². The molecule has 0 aromatic carbocycles. The number of nitriles is 1. The summed E-state index contributed by atoms with van der Waals surface area (Å²) in [4.78, 5) is 24.4. The van der Waals surface area contributed by atoms with E-state index in [4.69, 9.17) is 5.26 Å². The highest BCUT2D eigenvalue weighted by Gasteiger charge is 2.35. The van der Waals surface area contributed by atoms with Crippen molar-refractivity contribution in [3.8, 4) is 6.07 Å². The number of esters is 2. The molecule has 0 spiro atoms. The van der Waals surface area contributed by atoms with Crippen molar-refractivity contribution in [1.82, 2.24) is 4.90 Å². The first-order valence-corrected chi connectivity index (χ1v) is 5.09. The van der Waals surface area contributed by atoms with Gasteiger partial charge in [0, 0.05) is 12.7 Å². The van der Waals surface area contributed by atoms with Crippen molar-refractivity contribution in [2.24, 2.45) is 0 Å². The predicted molar refractivity (Wildman–Crippen MR) is 57.5 cm³/mol. The van der Waals surface area contributed by atoms with Gasteiger partial charge in [-0.15, -0.1) is 0 Å². The molecule has 0 amide bonds.